The molecule has 6 nitrogen and oxygen atoms in total. The number of hydrogen-bond donors (Lipinski definition) is 2. The van der Waals surface area contributed by atoms with Gasteiger partial charge >= 0.3 is 5.97 Å². The lowest BCUT2D eigenvalue weighted by Crippen LogP contribution is -2.47. The average Bonchev–Trinajstić information content (AvgIpc) is 2.26. The van der Waals surface area contributed by atoms with Gasteiger partial charge in [0.1, 0.15) is 6.61 Å². The Morgan fingerprint density at radius 1 is 1.50 bits per heavy atom. The van der Waals surface area contributed by atoms with Crippen LogP contribution < -0.4 is 5.73 Å². The molecule has 92 valence electrons. The maximum atomic E-state index is 11.5. The highest BCUT2D eigenvalue weighted by atomic mass is 16.5. The van der Waals surface area contributed by atoms with Crippen LogP contribution in [0.25, 0.3) is 0 Å². The van der Waals surface area contributed by atoms with Gasteiger partial charge in [-0.1, -0.05) is 0 Å². The molecule has 0 saturated carbocycles. The van der Waals surface area contributed by atoms with Gasteiger partial charge in [0.2, 0.25) is 5.91 Å². The van der Waals surface area contributed by atoms with Crippen LogP contribution >= 0.6 is 0 Å². The van der Waals surface area contributed by atoms with E-state index in [0.29, 0.717) is 25.9 Å². The van der Waals surface area contributed by atoms with Crippen LogP contribution in [0.2, 0.25) is 0 Å². The molecule has 16 heavy (non-hydrogen) atoms. The van der Waals surface area contributed by atoms with Gasteiger partial charge in [0, 0.05) is 13.1 Å². The molecule has 0 bridgehead atoms. The number of hydrogen-bond acceptors (Lipinski definition) is 4. The van der Waals surface area contributed by atoms with E-state index < -0.39 is 12.0 Å². The molecule has 6 heteroatoms. The normalized spacial score (nSPS) is 19.5. The fourth-order valence-corrected chi connectivity index (χ4v) is 1.72. The molecule has 1 aliphatic heterocycles. The molecule has 0 radical (unpaired) electrons. The van der Waals surface area contributed by atoms with Gasteiger partial charge in [-0.2, -0.15) is 0 Å². The number of rotatable bonds is 4. The van der Waals surface area contributed by atoms with Crippen LogP contribution in [0.1, 0.15) is 19.8 Å². The summed E-state index contributed by atoms with van der Waals surface area (Å²) >= 11 is 0. The van der Waals surface area contributed by atoms with Crippen molar-refractivity contribution in [2.75, 3.05) is 19.7 Å². The van der Waals surface area contributed by atoms with E-state index in [-0.39, 0.29) is 18.6 Å². The first kappa shape index (κ1) is 12.9. The molecule has 1 amide bonds. The van der Waals surface area contributed by atoms with Crippen molar-refractivity contribution in [1.82, 2.24) is 4.90 Å². The number of carboxylic acids is 1. The van der Waals surface area contributed by atoms with E-state index in [1.54, 1.807) is 11.8 Å². The van der Waals surface area contributed by atoms with Crippen LogP contribution in [0.4, 0.5) is 0 Å². The maximum absolute atomic E-state index is 11.5. The molecule has 0 aromatic heterocycles. The molecule has 0 aliphatic carbocycles. The molecule has 0 spiro atoms. The van der Waals surface area contributed by atoms with Crippen LogP contribution in [0.15, 0.2) is 0 Å². The van der Waals surface area contributed by atoms with Crippen molar-refractivity contribution < 1.29 is 19.4 Å². The van der Waals surface area contributed by atoms with Gasteiger partial charge in [-0.15, -0.1) is 0 Å². The number of nitrogens with zero attached hydrogens (tertiary/aromatic N) is 1. The van der Waals surface area contributed by atoms with E-state index in [4.69, 9.17) is 15.6 Å². The third kappa shape index (κ3) is 3.79. The summed E-state index contributed by atoms with van der Waals surface area (Å²) in [6.07, 6.45) is 1.28. The number of aliphatic carboxylic acids is 1. The minimum Gasteiger partial charge on any atom is -0.480 e. The summed E-state index contributed by atoms with van der Waals surface area (Å²) in [5.41, 5.74) is 5.50. The molecule has 1 aliphatic rings. The lowest BCUT2D eigenvalue weighted by molar-refractivity contribution is -0.147. The third-order valence-electron chi connectivity index (χ3n) is 2.59. The lowest BCUT2D eigenvalue weighted by Gasteiger charge is -2.32. The van der Waals surface area contributed by atoms with Gasteiger partial charge in [-0.05, 0) is 19.8 Å². The van der Waals surface area contributed by atoms with E-state index >= 15 is 0 Å². The Morgan fingerprint density at radius 2 is 2.06 bits per heavy atom. The smallest absolute Gasteiger partial charge is 0.329 e. The molecule has 3 N–H and O–H groups in total. The Bertz CT molecular complexity index is 260. The Balaban J connectivity index is 2.28. The van der Waals surface area contributed by atoms with E-state index in [0.717, 1.165) is 0 Å². The van der Waals surface area contributed by atoms with Gasteiger partial charge in [-0.3, -0.25) is 4.79 Å². The van der Waals surface area contributed by atoms with Gasteiger partial charge in [-0.25, -0.2) is 4.79 Å². The number of piperidine rings is 1. The van der Waals surface area contributed by atoms with E-state index in [1.807, 2.05) is 0 Å². The standard InChI is InChI=1S/C10H18N2O4/c1-7(11)10(15)12-4-2-8(3-5-12)16-6-9(13)14/h7-8H,2-6,11H2,1H3,(H,13,14)/t7-/m0/s1. The topological polar surface area (TPSA) is 92.9 Å². The molecule has 0 aromatic carbocycles. The molecule has 1 rings (SSSR count). The first-order valence-electron chi connectivity index (χ1n) is 5.38. The van der Waals surface area contributed by atoms with E-state index in [2.05, 4.69) is 0 Å². The van der Waals surface area contributed by atoms with Crippen molar-refractivity contribution in [2.24, 2.45) is 5.73 Å². The van der Waals surface area contributed by atoms with Crippen molar-refractivity contribution in [3.05, 3.63) is 0 Å². The third-order valence-corrected chi connectivity index (χ3v) is 2.59. The zero-order valence-electron chi connectivity index (χ0n) is 9.39. The number of likely N-dealkylation sites (tertiary alicyclic amines) is 1. The van der Waals surface area contributed by atoms with E-state index in [9.17, 15) is 9.59 Å². The monoisotopic (exact) mass is 230 g/mol. The molecular weight excluding hydrogens is 212 g/mol. The first-order chi connectivity index (χ1) is 7.50. The predicted octanol–water partition coefficient (Wildman–Crippen LogP) is -0.574. The van der Waals surface area contributed by atoms with Crippen molar-refractivity contribution in [2.45, 2.75) is 31.9 Å². The van der Waals surface area contributed by atoms with Gasteiger partial charge < -0.3 is 20.5 Å². The summed E-state index contributed by atoms with van der Waals surface area (Å²) in [7, 11) is 0. The highest BCUT2D eigenvalue weighted by Crippen LogP contribution is 2.14. The Kier molecular flexibility index (Phi) is 4.70. The quantitative estimate of drug-likeness (QED) is 0.674. The maximum Gasteiger partial charge on any atom is 0.329 e. The molecule has 1 fully saturated rings. The fourth-order valence-electron chi connectivity index (χ4n) is 1.72. The van der Waals surface area contributed by atoms with Gasteiger partial charge in [0.05, 0.1) is 12.1 Å². The number of carbonyl (C=O) groups excluding carboxylic acids is 1. The van der Waals surface area contributed by atoms with Gasteiger partial charge in [0.25, 0.3) is 0 Å². The SMILES string of the molecule is C[C@H](N)C(=O)N1CCC(OCC(=O)O)CC1. The second-order valence-corrected chi connectivity index (χ2v) is 4.02. The summed E-state index contributed by atoms with van der Waals surface area (Å²) in [6.45, 7) is 2.57. The van der Waals surface area contributed by atoms with Crippen molar-refractivity contribution in [1.29, 1.82) is 0 Å². The summed E-state index contributed by atoms with van der Waals surface area (Å²) in [6, 6.07) is -0.475. The highest BCUT2D eigenvalue weighted by Gasteiger charge is 2.25. The number of nitrogens with two attached hydrogens (primary N) is 1. The Hall–Kier alpha value is -1.14. The molecular formula is C10H18N2O4. The Labute approximate surface area is 94.3 Å². The second-order valence-electron chi connectivity index (χ2n) is 4.02. The minimum atomic E-state index is -0.964. The zero-order valence-corrected chi connectivity index (χ0v) is 9.39. The minimum absolute atomic E-state index is 0.0586. The fraction of sp³-hybridized carbons (Fsp3) is 0.800. The largest absolute Gasteiger partial charge is 0.480 e. The second kappa shape index (κ2) is 5.81. The molecule has 1 atom stereocenters. The van der Waals surface area contributed by atoms with Crippen LogP contribution in [-0.4, -0.2) is 53.7 Å². The van der Waals surface area contributed by atoms with Crippen molar-refractivity contribution in [3.63, 3.8) is 0 Å². The zero-order chi connectivity index (χ0) is 12.1. The molecule has 0 aromatic rings. The van der Waals surface area contributed by atoms with Crippen molar-refractivity contribution >= 4 is 11.9 Å². The van der Waals surface area contributed by atoms with Crippen LogP contribution in [0.3, 0.4) is 0 Å². The molecule has 1 saturated heterocycles. The number of ether oxygens (including phenoxy) is 1. The molecule has 0 unspecified atom stereocenters. The summed E-state index contributed by atoms with van der Waals surface area (Å²) in [5, 5.41) is 8.45. The van der Waals surface area contributed by atoms with Crippen LogP contribution in [0, 0.1) is 0 Å². The van der Waals surface area contributed by atoms with Crippen LogP contribution in [-0.2, 0) is 14.3 Å². The number of carboxylic acid groups (broad SMARTS) is 1. The summed E-state index contributed by atoms with van der Waals surface area (Å²) < 4.78 is 5.16. The van der Waals surface area contributed by atoms with Gasteiger partial charge in [0.15, 0.2) is 0 Å². The van der Waals surface area contributed by atoms with Crippen molar-refractivity contribution in [3.8, 4) is 0 Å². The Morgan fingerprint density at radius 3 is 2.50 bits per heavy atom. The first-order valence-corrected chi connectivity index (χ1v) is 5.38. The molecule has 1 heterocycles. The number of amides is 1. The van der Waals surface area contributed by atoms with E-state index in [1.165, 1.54) is 0 Å². The summed E-state index contributed by atoms with van der Waals surface area (Å²) in [4.78, 5) is 23.5. The summed E-state index contributed by atoms with van der Waals surface area (Å²) in [5.74, 6) is -1.02. The highest BCUT2D eigenvalue weighted by molar-refractivity contribution is 5.81. The average molecular weight is 230 g/mol. The number of carbonyl (C=O) groups is 2. The lowest BCUT2D eigenvalue weighted by atomic mass is 10.1. The van der Waals surface area contributed by atoms with Crippen LogP contribution in [0.5, 0.6) is 0 Å². The predicted molar refractivity (Wildman–Crippen MR) is 56.8 cm³/mol.